The fourth-order valence-corrected chi connectivity index (χ4v) is 1.51. The summed E-state index contributed by atoms with van der Waals surface area (Å²) in [6.45, 7) is 8.97. The summed E-state index contributed by atoms with van der Waals surface area (Å²) in [6, 6.07) is 6.15. The Hall–Kier alpha value is -1.58. The molecule has 0 aliphatic carbocycles. The normalized spacial score (nSPS) is 12.1. The first-order valence-corrected chi connectivity index (χ1v) is 5.87. The number of hydrogen-bond acceptors (Lipinski definition) is 2. The van der Waals surface area contributed by atoms with E-state index in [2.05, 4.69) is 5.32 Å². The number of rotatable bonds is 2. The highest BCUT2D eigenvalue weighted by atomic mass is 19.1. The Morgan fingerprint density at radius 3 is 2.33 bits per heavy atom. The van der Waals surface area contributed by atoms with Gasteiger partial charge < -0.3 is 10.1 Å². The zero-order chi connectivity index (χ0) is 14.0. The van der Waals surface area contributed by atoms with E-state index in [1.165, 1.54) is 12.1 Å². The molecule has 0 aromatic heterocycles. The van der Waals surface area contributed by atoms with Gasteiger partial charge in [-0.15, -0.1) is 0 Å². The Balaban J connectivity index is 2.79. The number of ether oxygens (including phenoxy) is 1. The van der Waals surface area contributed by atoms with E-state index in [1.54, 1.807) is 46.8 Å². The molecular weight excluding hydrogens is 233 g/mol. The smallest absolute Gasteiger partial charge is 0.408 e. The van der Waals surface area contributed by atoms with Crippen LogP contribution >= 0.6 is 0 Å². The SMILES string of the molecule is CC(C)(C)OC(=O)NC(C)(C)c1cccc(F)c1. The van der Waals surface area contributed by atoms with Gasteiger partial charge in [0.25, 0.3) is 0 Å². The summed E-state index contributed by atoms with van der Waals surface area (Å²) in [5.74, 6) is -0.327. The van der Waals surface area contributed by atoms with Crippen molar-refractivity contribution in [3.8, 4) is 0 Å². The Bertz CT molecular complexity index is 436. The van der Waals surface area contributed by atoms with Gasteiger partial charge in [0, 0.05) is 0 Å². The molecular formula is C14H20FNO2. The van der Waals surface area contributed by atoms with Gasteiger partial charge in [0.2, 0.25) is 0 Å². The van der Waals surface area contributed by atoms with Crippen LogP contribution in [0, 0.1) is 5.82 Å². The molecule has 4 heteroatoms. The van der Waals surface area contributed by atoms with Crippen molar-refractivity contribution in [3.05, 3.63) is 35.6 Å². The average molecular weight is 253 g/mol. The summed E-state index contributed by atoms with van der Waals surface area (Å²) >= 11 is 0. The zero-order valence-electron chi connectivity index (χ0n) is 11.5. The van der Waals surface area contributed by atoms with E-state index in [1.807, 2.05) is 0 Å². The lowest BCUT2D eigenvalue weighted by Crippen LogP contribution is -2.43. The number of nitrogens with one attached hydrogen (secondary N) is 1. The Morgan fingerprint density at radius 1 is 1.22 bits per heavy atom. The number of carbonyl (C=O) groups is 1. The summed E-state index contributed by atoms with van der Waals surface area (Å²) in [4.78, 5) is 11.7. The molecule has 0 atom stereocenters. The van der Waals surface area contributed by atoms with Gasteiger partial charge in [-0.3, -0.25) is 0 Å². The lowest BCUT2D eigenvalue weighted by atomic mass is 9.94. The van der Waals surface area contributed by atoms with E-state index in [0.29, 0.717) is 5.56 Å². The molecule has 18 heavy (non-hydrogen) atoms. The summed E-state index contributed by atoms with van der Waals surface area (Å²) in [6.07, 6.45) is -0.517. The molecule has 0 fully saturated rings. The molecule has 100 valence electrons. The van der Waals surface area contributed by atoms with E-state index < -0.39 is 17.2 Å². The number of alkyl carbamates (subject to hydrolysis) is 1. The standard InChI is InChI=1S/C14H20FNO2/c1-13(2,3)18-12(17)16-14(4,5)10-7-6-8-11(15)9-10/h6-9H,1-5H3,(H,16,17). The number of hydrogen-bond donors (Lipinski definition) is 1. The molecule has 0 saturated carbocycles. The highest BCUT2D eigenvalue weighted by molar-refractivity contribution is 5.69. The molecule has 0 radical (unpaired) electrons. The van der Waals surface area contributed by atoms with E-state index >= 15 is 0 Å². The predicted molar refractivity (Wildman–Crippen MR) is 68.8 cm³/mol. The topological polar surface area (TPSA) is 38.3 Å². The lowest BCUT2D eigenvalue weighted by Gasteiger charge is -2.29. The summed E-state index contributed by atoms with van der Waals surface area (Å²) < 4.78 is 18.3. The van der Waals surface area contributed by atoms with Crippen molar-refractivity contribution in [2.75, 3.05) is 0 Å². The predicted octanol–water partition coefficient (Wildman–Crippen LogP) is 3.59. The van der Waals surface area contributed by atoms with Crippen molar-refractivity contribution in [1.29, 1.82) is 0 Å². The monoisotopic (exact) mass is 253 g/mol. The molecule has 1 amide bonds. The molecule has 1 aromatic carbocycles. The average Bonchev–Trinajstić information content (AvgIpc) is 2.13. The highest BCUT2D eigenvalue weighted by Crippen LogP contribution is 2.21. The Labute approximate surface area is 107 Å². The minimum atomic E-state index is -0.690. The second kappa shape index (κ2) is 4.96. The van der Waals surface area contributed by atoms with Crippen LogP contribution in [0.4, 0.5) is 9.18 Å². The van der Waals surface area contributed by atoms with Crippen molar-refractivity contribution >= 4 is 6.09 Å². The third-order valence-corrected chi connectivity index (χ3v) is 2.36. The first kappa shape index (κ1) is 14.5. The van der Waals surface area contributed by atoms with Gasteiger partial charge >= 0.3 is 6.09 Å². The third-order valence-electron chi connectivity index (χ3n) is 2.36. The van der Waals surface area contributed by atoms with Crippen LogP contribution in [0.15, 0.2) is 24.3 Å². The summed E-state index contributed by atoms with van der Waals surface area (Å²) in [7, 11) is 0. The summed E-state index contributed by atoms with van der Waals surface area (Å²) in [5, 5.41) is 2.73. The Morgan fingerprint density at radius 2 is 1.83 bits per heavy atom. The van der Waals surface area contributed by atoms with Crippen LogP contribution in [0.3, 0.4) is 0 Å². The van der Waals surface area contributed by atoms with Gasteiger partial charge in [0.1, 0.15) is 11.4 Å². The van der Waals surface area contributed by atoms with Crippen LogP contribution in [0.2, 0.25) is 0 Å². The van der Waals surface area contributed by atoms with Gasteiger partial charge in [-0.25, -0.2) is 9.18 Å². The van der Waals surface area contributed by atoms with E-state index in [4.69, 9.17) is 4.74 Å². The second-order valence-corrected chi connectivity index (χ2v) is 5.76. The maximum Gasteiger partial charge on any atom is 0.408 e. The van der Waals surface area contributed by atoms with Crippen LogP contribution in [-0.4, -0.2) is 11.7 Å². The molecule has 1 N–H and O–H groups in total. The number of amides is 1. The first-order valence-electron chi connectivity index (χ1n) is 5.87. The van der Waals surface area contributed by atoms with Crippen molar-refractivity contribution in [2.45, 2.75) is 45.8 Å². The molecule has 0 aliphatic rings. The van der Waals surface area contributed by atoms with Crippen molar-refractivity contribution in [3.63, 3.8) is 0 Å². The maximum absolute atomic E-state index is 13.2. The van der Waals surface area contributed by atoms with Crippen LogP contribution in [0.25, 0.3) is 0 Å². The maximum atomic E-state index is 13.2. The van der Waals surface area contributed by atoms with Crippen molar-refractivity contribution < 1.29 is 13.9 Å². The van der Waals surface area contributed by atoms with Crippen molar-refractivity contribution in [2.24, 2.45) is 0 Å². The highest BCUT2D eigenvalue weighted by Gasteiger charge is 2.26. The van der Waals surface area contributed by atoms with Crippen LogP contribution in [0.5, 0.6) is 0 Å². The largest absolute Gasteiger partial charge is 0.444 e. The van der Waals surface area contributed by atoms with Crippen molar-refractivity contribution in [1.82, 2.24) is 5.32 Å². The van der Waals surface area contributed by atoms with Gasteiger partial charge in [-0.05, 0) is 52.3 Å². The fourth-order valence-electron chi connectivity index (χ4n) is 1.51. The van der Waals surface area contributed by atoms with E-state index in [9.17, 15) is 9.18 Å². The number of carbonyl (C=O) groups excluding carboxylic acids is 1. The molecule has 0 heterocycles. The molecule has 0 spiro atoms. The molecule has 0 unspecified atom stereocenters. The first-order chi connectivity index (χ1) is 8.10. The quantitative estimate of drug-likeness (QED) is 0.874. The number of benzene rings is 1. The molecule has 0 saturated heterocycles. The molecule has 0 aliphatic heterocycles. The molecule has 1 rings (SSSR count). The zero-order valence-corrected chi connectivity index (χ0v) is 11.5. The van der Waals surface area contributed by atoms with Gasteiger partial charge in [-0.2, -0.15) is 0 Å². The third kappa shape index (κ3) is 4.35. The molecule has 0 bridgehead atoms. The van der Waals surface area contributed by atoms with Gasteiger partial charge in [0.05, 0.1) is 5.54 Å². The molecule has 3 nitrogen and oxygen atoms in total. The van der Waals surface area contributed by atoms with Crippen LogP contribution < -0.4 is 5.32 Å². The van der Waals surface area contributed by atoms with Crippen LogP contribution in [0.1, 0.15) is 40.2 Å². The second-order valence-electron chi connectivity index (χ2n) is 5.76. The minimum Gasteiger partial charge on any atom is -0.444 e. The fraction of sp³-hybridized carbons (Fsp3) is 0.500. The van der Waals surface area contributed by atoms with E-state index in [-0.39, 0.29) is 5.82 Å². The minimum absolute atomic E-state index is 0.327. The van der Waals surface area contributed by atoms with Crippen LogP contribution in [-0.2, 0) is 10.3 Å². The number of halogens is 1. The molecule has 1 aromatic rings. The van der Waals surface area contributed by atoms with Gasteiger partial charge in [0.15, 0.2) is 0 Å². The summed E-state index contributed by atoms with van der Waals surface area (Å²) in [5.41, 5.74) is -0.555. The van der Waals surface area contributed by atoms with Gasteiger partial charge in [-0.1, -0.05) is 12.1 Å². The van der Waals surface area contributed by atoms with E-state index in [0.717, 1.165) is 0 Å². The lowest BCUT2D eigenvalue weighted by molar-refractivity contribution is 0.0470. The Kier molecular flexibility index (Phi) is 3.99.